The van der Waals surface area contributed by atoms with Gasteiger partial charge in [0.2, 0.25) is 5.78 Å². The maximum atomic E-state index is 13.7. The third-order valence-electron chi connectivity index (χ3n) is 7.82. The summed E-state index contributed by atoms with van der Waals surface area (Å²) < 4.78 is 0. The molecule has 3 aliphatic rings. The zero-order valence-corrected chi connectivity index (χ0v) is 22.9. The summed E-state index contributed by atoms with van der Waals surface area (Å²) in [6.07, 6.45) is 1.18. The van der Waals surface area contributed by atoms with Gasteiger partial charge in [-0.3, -0.25) is 9.79 Å². The summed E-state index contributed by atoms with van der Waals surface area (Å²) in [6, 6.07) is 11.4. The standard InChI is InChI=1S/C30H30Cl2N2O2/c1-7-17(27-29(3,4)19-13-15(31)9-11-21(19)33-27)23-25(35)24(26(23)36)18(8-2)28-30(5,6)20-14-16(32)10-12-22(20)34-28/h9-14,33,35H,7-8H2,1-6H3/b24-18+,27-17+. The molecule has 186 valence electrons. The van der Waals surface area contributed by atoms with Gasteiger partial charge in [0.25, 0.3) is 0 Å². The highest BCUT2D eigenvalue weighted by Crippen LogP contribution is 2.50. The molecule has 0 amide bonds. The molecule has 2 aromatic rings. The molecule has 2 heterocycles. The van der Waals surface area contributed by atoms with Gasteiger partial charge in [0.05, 0.1) is 22.5 Å². The van der Waals surface area contributed by atoms with Gasteiger partial charge >= 0.3 is 0 Å². The molecule has 0 fully saturated rings. The first-order chi connectivity index (χ1) is 16.9. The summed E-state index contributed by atoms with van der Waals surface area (Å²) in [4.78, 5) is 18.6. The molecule has 6 heteroatoms. The lowest BCUT2D eigenvalue weighted by Crippen LogP contribution is -2.33. The molecule has 0 radical (unpaired) electrons. The minimum Gasteiger partial charge on any atom is -0.506 e. The lowest BCUT2D eigenvalue weighted by molar-refractivity contribution is -0.113. The number of hydrogen-bond donors (Lipinski definition) is 2. The van der Waals surface area contributed by atoms with Crippen LogP contribution in [-0.4, -0.2) is 16.6 Å². The van der Waals surface area contributed by atoms with E-state index in [1.165, 1.54) is 0 Å². The van der Waals surface area contributed by atoms with Gasteiger partial charge in [-0.1, -0.05) is 64.7 Å². The van der Waals surface area contributed by atoms with Gasteiger partial charge in [0, 0.05) is 32.3 Å². The molecular weight excluding hydrogens is 491 g/mol. The number of carbonyl (C=O) groups excluding carboxylic acids is 1. The fourth-order valence-corrected chi connectivity index (χ4v) is 6.21. The molecule has 5 rings (SSSR count). The molecule has 0 atom stereocenters. The Kier molecular flexibility index (Phi) is 5.77. The molecule has 1 aliphatic carbocycles. The fourth-order valence-electron chi connectivity index (χ4n) is 5.86. The first kappa shape index (κ1) is 24.9. The second-order valence-electron chi connectivity index (χ2n) is 10.7. The van der Waals surface area contributed by atoms with Crippen molar-refractivity contribution in [2.45, 2.75) is 65.2 Å². The van der Waals surface area contributed by atoms with Crippen molar-refractivity contribution < 1.29 is 9.90 Å². The number of nitrogens with zero attached hydrogens (tertiary/aromatic N) is 1. The Morgan fingerprint density at radius 1 is 0.917 bits per heavy atom. The van der Waals surface area contributed by atoms with Crippen LogP contribution >= 0.6 is 23.2 Å². The summed E-state index contributed by atoms with van der Waals surface area (Å²) in [7, 11) is 0. The van der Waals surface area contributed by atoms with Crippen LogP contribution in [0.2, 0.25) is 10.0 Å². The number of aliphatic hydroxyl groups excluding tert-OH is 1. The van der Waals surface area contributed by atoms with E-state index in [0.29, 0.717) is 34.0 Å². The summed E-state index contributed by atoms with van der Waals surface area (Å²) in [5, 5.41) is 16.2. The van der Waals surface area contributed by atoms with Crippen LogP contribution in [-0.2, 0) is 15.6 Å². The maximum Gasteiger partial charge on any atom is 0.201 e. The Morgan fingerprint density at radius 3 is 2.14 bits per heavy atom. The molecule has 2 N–H and O–H groups in total. The number of aliphatic imine (C=N–C) groups is 1. The van der Waals surface area contributed by atoms with Crippen LogP contribution in [0.3, 0.4) is 0 Å². The molecule has 0 saturated heterocycles. The highest BCUT2D eigenvalue weighted by atomic mass is 35.5. The fraction of sp³-hybridized carbons (Fsp3) is 0.333. The molecule has 0 aromatic heterocycles. The van der Waals surface area contributed by atoms with E-state index in [0.717, 1.165) is 45.1 Å². The van der Waals surface area contributed by atoms with Crippen molar-refractivity contribution in [1.82, 2.24) is 0 Å². The topological polar surface area (TPSA) is 61.7 Å². The largest absolute Gasteiger partial charge is 0.506 e. The van der Waals surface area contributed by atoms with Gasteiger partial charge in [-0.2, -0.15) is 0 Å². The number of allylic oxidation sites excluding steroid dienone is 5. The average molecular weight is 521 g/mol. The highest BCUT2D eigenvalue weighted by molar-refractivity contribution is 6.31. The number of carbonyl (C=O) groups is 1. The predicted molar refractivity (Wildman–Crippen MR) is 149 cm³/mol. The number of rotatable bonds is 4. The number of halogens is 2. The van der Waals surface area contributed by atoms with Crippen molar-refractivity contribution in [2.75, 3.05) is 5.32 Å². The normalized spacial score (nSPS) is 22.0. The van der Waals surface area contributed by atoms with Crippen molar-refractivity contribution in [3.8, 4) is 0 Å². The van der Waals surface area contributed by atoms with E-state index in [9.17, 15) is 9.90 Å². The number of benzene rings is 2. The van der Waals surface area contributed by atoms with E-state index in [2.05, 4.69) is 33.0 Å². The summed E-state index contributed by atoms with van der Waals surface area (Å²) in [5.74, 6) is -0.0759. The SMILES string of the molecule is CC/C(C1=Nc2ccc(Cl)cc2C1(C)C)=C1\C(=O)C(C(/CC)=C2/Nc3ccc(Cl)cc3C2(C)C)=C1O. The summed E-state index contributed by atoms with van der Waals surface area (Å²) >= 11 is 12.6. The molecule has 0 spiro atoms. The van der Waals surface area contributed by atoms with Gasteiger partial charge in [-0.05, 0) is 71.5 Å². The molecular formula is C30H30Cl2N2O2. The van der Waals surface area contributed by atoms with Crippen molar-refractivity contribution in [2.24, 2.45) is 4.99 Å². The van der Waals surface area contributed by atoms with E-state index >= 15 is 0 Å². The van der Waals surface area contributed by atoms with Crippen LogP contribution in [0, 0.1) is 0 Å². The number of Topliss-reactive ketones (excluding diaryl/α,β-unsaturated/α-hetero) is 1. The number of fused-ring (bicyclic) bond motifs is 2. The van der Waals surface area contributed by atoms with Crippen LogP contribution in [0.5, 0.6) is 0 Å². The minimum atomic E-state index is -0.434. The van der Waals surface area contributed by atoms with E-state index in [1.54, 1.807) is 0 Å². The number of hydrogen-bond acceptors (Lipinski definition) is 4. The molecule has 2 aliphatic heterocycles. The molecule has 4 nitrogen and oxygen atoms in total. The third-order valence-corrected chi connectivity index (χ3v) is 8.29. The number of ketones is 1. The van der Waals surface area contributed by atoms with Gasteiger partial charge in [-0.25, -0.2) is 0 Å². The Hall–Kier alpha value is -2.82. The highest BCUT2D eigenvalue weighted by Gasteiger charge is 2.46. The first-order valence-electron chi connectivity index (χ1n) is 12.4. The van der Waals surface area contributed by atoms with Crippen LogP contribution in [0.4, 0.5) is 11.4 Å². The van der Waals surface area contributed by atoms with Crippen LogP contribution in [0.15, 0.2) is 75.1 Å². The van der Waals surface area contributed by atoms with Crippen molar-refractivity contribution >= 4 is 46.1 Å². The first-order valence-corrected chi connectivity index (χ1v) is 13.1. The lowest BCUT2D eigenvalue weighted by atomic mass is 9.71. The smallest absolute Gasteiger partial charge is 0.201 e. The lowest BCUT2D eigenvalue weighted by Gasteiger charge is -2.32. The van der Waals surface area contributed by atoms with E-state index < -0.39 is 5.41 Å². The van der Waals surface area contributed by atoms with Crippen LogP contribution in [0.25, 0.3) is 0 Å². The van der Waals surface area contributed by atoms with Gasteiger partial charge in [0.1, 0.15) is 5.76 Å². The minimum absolute atomic E-state index is 0.0558. The van der Waals surface area contributed by atoms with Crippen molar-refractivity contribution in [3.05, 3.63) is 91.3 Å². The Morgan fingerprint density at radius 2 is 1.53 bits per heavy atom. The maximum absolute atomic E-state index is 13.7. The molecule has 0 unspecified atom stereocenters. The van der Waals surface area contributed by atoms with Gasteiger partial charge in [0.15, 0.2) is 0 Å². The summed E-state index contributed by atoms with van der Waals surface area (Å²) in [6.45, 7) is 12.4. The Bertz CT molecular complexity index is 1470. The second-order valence-corrected chi connectivity index (χ2v) is 11.5. The van der Waals surface area contributed by atoms with Crippen molar-refractivity contribution in [1.29, 1.82) is 0 Å². The third kappa shape index (κ3) is 3.42. The van der Waals surface area contributed by atoms with E-state index in [4.69, 9.17) is 28.2 Å². The molecule has 0 bridgehead atoms. The number of nitrogens with one attached hydrogen (secondary N) is 1. The Labute approximate surface area is 222 Å². The zero-order valence-electron chi connectivity index (χ0n) is 21.4. The second kappa shape index (κ2) is 8.36. The van der Waals surface area contributed by atoms with Gasteiger partial charge < -0.3 is 10.4 Å². The molecule has 36 heavy (non-hydrogen) atoms. The zero-order chi connectivity index (χ0) is 26.2. The van der Waals surface area contributed by atoms with E-state index in [-0.39, 0.29) is 17.0 Å². The van der Waals surface area contributed by atoms with Crippen molar-refractivity contribution in [3.63, 3.8) is 0 Å². The monoisotopic (exact) mass is 520 g/mol. The predicted octanol–water partition coefficient (Wildman–Crippen LogP) is 8.53. The van der Waals surface area contributed by atoms with Crippen LogP contribution < -0.4 is 5.32 Å². The van der Waals surface area contributed by atoms with Gasteiger partial charge in [-0.15, -0.1) is 0 Å². The molecule has 0 saturated carbocycles. The molecule has 2 aromatic carbocycles. The van der Waals surface area contributed by atoms with E-state index in [1.807, 2.05) is 50.2 Å². The quantitative estimate of drug-likeness (QED) is 0.397. The van der Waals surface area contributed by atoms with Crippen LogP contribution in [0.1, 0.15) is 65.5 Å². The summed E-state index contributed by atoms with van der Waals surface area (Å²) in [5.41, 5.74) is 7.23. The Balaban J connectivity index is 1.63. The average Bonchev–Trinajstić information content (AvgIpc) is 3.24. The number of aliphatic hydroxyl groups is 1. The number of anilines is 1.